The van der Waals surface area contributed by atoms with Crippen molar-refractivity contribution in [1.29, 1.82) is 0 Å². The quantitative estimate of drug-likeness (QED) is 0.395. The molecule has 3 aromatic rings. The van der Waals surface area contributed by atoms with Crippen LogP contribution in [0.5, 0.6) is 11.5 Å². The van der Waals surface area contributed by atoms with Gasteiger partial charge in [-0.05, 0) is 30.2 Å². The molecule has 0 unspecified atom stereocenters. The summed E-state index contributed by atoms with van der Waals surface area (Å²) in [5.41, 5.74) is 1.92. The van der Waals surface area contributed by atoms with Crippen LogP contribution < -0.4 is 4.74 Å². The zero-order chi connectivity index (χ0) is 15.1. The van der Waals surface area contributed by atoms with Gasteiger partial charge in [0.1, 0.15) is 0 Å². The van der Waals surface area contributed by atoms with Gasteiger partial charge in [0.2, 0.25) is 0 Å². The molecule has 3 rings (SSSR count). The second kappa shape index (κ2) is 4.66. The van der Waals surface area contributed by atoms with Crippen LogP contribution >= 0.6 is 0 Å². The number of carboxylic acid groups (broad SMARTS) is 1. The van der Waals surface area contributed by atoms with Crippen molar-refractivity contribution in [3.05, 3.63) is 47.5 Å². The third-order valence-electron chi connectivity index (χ3n) is 3.62. The van der Waals surface area contributed by atoms with Crippen molar-refractivity contribution in [1.82, 2.24) is 0 Å². The lowest BCUT2D eigenvalue weighted by Crippen LogP contribution is -2.04. The number of carbonyl (C=O) groups is 1. The minimum absolute atomic E-state index is 0.0145. The maximum atomic E-state index is 10.9. The fraction of sp³-hybridized carbons (Fsp3) is 0.118. The lowest BCUT2D eigenvalue weighted by atomic mass is 9.96. The monoisotopic (exact) mass is 282 g/mol. The number of aryl methyl sites for hydroxylation is 2. The van der Waals surface area contributed by atoms with Crippen LogP contribution in [0.2, 0.25) is 0 Å². The Kier molecular flexibility index (Phi) is 2.94. The molecule has 0 saturated carbocycles. The minimum atomic E-state index is -1.44. The van der Waals surface area contributed by atoms with E-state index in [2.05, 4.69) is 0 Å². The van der Waals surface area contributed by atoms with Crippen LogP contribution in [-0.2, 0) is 0 Å². The number of benzene rings is 3. The Labute approximate surface area is 121 Å². The molecular weight excluding hydrogens is 268 g/mol. The zero-order valence-electron chi connectivity index (χ0n) is 11.7. The Bertz CT molecular complexity index is 881. The topological polar surface area (TPSA) is 66.8 Å². The molecule has 0 aliphatic rings. The fourth-order valence-corrected chi connectivity index (χ4v) is 2.72. The SMILES string of the molecule is Cc1ccc2c(OC(=O)O)c(O)c3c(C)cccc3c2c1. The predicted molar refractivity (Wildman–Crippen MR) is 81.2 cm³/mol. The Balaban J connectivity index is 2.56. The summed E-state index contributed by atoms with van der Waals surface area (Å²) < 4.78 is 4.83. The van der Waals surface area contributed by atoms with E-state index in [0.29, 0.717) is 10.8 Å². The van der Waals surface area contributed by atoms with Gasteiger partial charge in [-0.3, -0.25) is 0 Å². The molecule has 0 bridgehead atoms. The Morgan fingerprint density at radius 1 is 1.05 bits per heavy atom. The van der Waals surface area contributed by atoms with Gasteiger partial charge in [0, 0.05) is 10.8 Å². The molecule has 3 aromatic carbocycles. The molecule has 0 spiro atoms. The lowest BCUT2D eigenvalue weighted by Gasteiger charge is -2.14. The fourth-order valence-electron chi connectivity index (χ4n) is 2.72. The molecule has 0 atom stereocenters. The molecular formula is C17H14O4. The number of hydrogen-bond donors (Lipinski definition) is 2. The number of rotatable bonds is 1. The van der Waals surface area contributed by atoms with Crippen LogP contribution in [0.3, 0.4) is 0 Å². The van der Waals surface area contributed by atoms with E-state index >= 15 is 0 Å². The second-order valence-corrected chi connectivity index (χ2v) is 5.09. The predicted octanol–water partition coefficient (Wildman–Crippen LogP) is 4.37. The average Bonchev–Trinajstić information content (AvgIpc) is 2.43. The van der Waals surface area contributed by atoms with Crippen LogP contribution in [0.25, 0.3) is 21.5 Å². The molecule has 106 valence electrons. The zero-order valence-corrected chi connectivity index (χ0v) is 11.7. The number of hydrogen-bond acceptors (Lipinski definition) is 3. The molecule has 2 N–H and O–H groups in total. The maximum absolute atomic E-state index is 10.9. The highest BCUT2D eigenvalue weighted by Crippen LogP contribution is 2.44. The lowest BCUT2D eigenvalue weighted by molar-refractivity contribution is 0.143. The van der Waals surface area contributed by atoms with E-state index in [9.17, 15) is 9.90 Å². The minimum Gasteiger partial charge on any atom is -0.504 e. The van der Waals surface area contributed by atoms with Crippen molar-refractivity contribution >= 4 is 27.7 Å². The van der Waals surface area contributed by atoms with Crippen LogP contribution in [0, 0.1) is 13.8 Å². The van der Waals surface area contributed by atoms with E-state index in [1.54, 1.807) is 6.07 Å². The smallest absolute Gasteiger partial charge is 0.504 e. The summed E-state index contributed by atoms with van der Waals surface area (Å²) in [4.78, 5) is 10.9. The second-order valence-electron chi connectivity index (χ2n) is 5.09. The third-order valence-corrected chi connectivity index (χ3v) is 3.62. The van der Waals surface area contributed by atoms with Gasteiger partial charge < -0.3 is 14.9 Å². The van der Waals surface area contributed by atoms with Gasteiger partial charge in [-0.2, -0.15) is 0 Å². The molecule has 21 heavy (non-hydrogen) atoms. The summed E-state index contributed by atoms with van der Waals surface area (Å²) in [6.45, 7) is 3.83. The molecule has 4 heteroatoms. The van der Waals surface area contributed by atoms with Crippen molar-refractivity contribution in [2.75, 3.05) is 0 Å². The summed E-state index contributed by atoms with van der Waals surface area (Å²) in [6.07, 6.45) is -1.44. The number of phenols is 1. The molecule has 0 amide bonds. The highest BCUT2D eigenvalue weighted by atomic mass is 16.7. The van der Waals surface area contributed by atoms with E-state index < -0.39 is 6.16 Å². The van der Waals surface area contributed by atoms with E-state index in [4.69, 9.17) is 9.84 Å². The Morgan fingerprint density at radius 2 is 1.81 bits per heavy atom. The first-order chi connectivity index (χ1) is 9.99. The molecule has 0 heterocycles. The molecule has 0 aromatic heterocycles. The molecule has 4 nitrogen and oxygen atoms in total. The molecule has 0 aliphatic carbocycles. The van der Waals surface area contributed by atoms with Gasteiger partial charge in [0.25, 0.3) is 0 Å². The van der Waals surface area contributed by atoms with Gasteiger partial charge >= 0.3 is 6.16 Å². The van der Waals surface area contributed by atoms with Crippen molar-refractivity contribution in [3.63, 3.8) is 0 Å². The number of fused-ring (bicyclic) bond motifs is 3. The highest BCUT2D eigenvalue weighted by molar-refractivity contribution is 6.15. The molecule has 0 fully saturated rings. The molecule has 0 radical (unpaired) electrons. The maximum Gasteiger partial charge on any atom is 0.511 e. The number of ether oxygens (including phenoxy) is 1. The normalized spacial score (nSPS) is 11.0. The van der Waals surface area contributed by atoms with Crippen molar-refractivity contribution in [3.8, 4) is 11.5 Å². The summed E-state index contributed by atoms with van der Waals surface area (Å²) >= 11 is 0. The van der Waals surface area contributed by atoms with Gasteiger partial charge in [-0.25, -0.2) is 4.79 Å². The number of aromatic hydroxyl groups is 1. The van der Waals surface area contributed by atoms with Crippen molar-refractivity contribution in [2.45, 2.75) is 13.8 Å². The third kappa shape index (κ3) is 2.05. The summed E-state index contributed by atoms with van der Waals surface area (Å²) in [7, 11) is 0. The Morgan fingerprint density at radius 3 is 2.52 bits per heavy atom. The highest BCUT2D eigenvalue weighted by Gasteiger charge is 2.18. The molecule has 0 saturated heterocycles. The van der Waals surface area contributed by atoms with E-state index in [-0.39, 0.29) is 11.5 Å². The Hall–Kier alpha value is -2.75. The van der Waals surface area contributed by atoms with Crippen molar-refractivity contribution < 1.29 is 19.7 Å². The standard InChI is InChI=1S/C17H14O4/c1-9-6-7-12-13(8-9)11-5-3-4-10(2)14(11)15(18)16(12)21-17(19)20/h3-8,18H,1-2H3,(H,19,20). The van der Waals surface area contributed by atoms with Gasteiger partial charge in [0.05, 0.1) is 0 Å². The largest absolute Gasteiger partial charge is 0.511 e. The van der Waals surface area contributed by atoms with Crippen LogP contribution in [0.15, 0.2) is 36.4 Å². The van der Waals surface area contributed by atoms with Gasteiger partial charge in [0.15, 0.2) is 11.5 Å². The first-order valence-electron chi connectivity index (χ1n) is 6.54. The van der Waals surface area contributed by atoms with E-state index in [1.807, 2.05) is 44.2 Å². The first-order valence-corrected chi connectivity index (χ1v) is 6.54. The van der Waals surface area contributed by atoms with Crippen molar-refractivity contribution in [2.24, 2.45) is 0 Å². The number of phenolic OH excluding ortho intramolecular Hbond substituents is 1. The van der Waals surface area contributed by atoms with Crippen LogP contribution in [0.1, 0.15) is 11.1 Å². The summed E-state index contributed by atoms with van der Waals surface area (Å²) in [5.74, 6) is -0.152. The van der Waals surface area contributed by atoms with E-state index in [1.165, 1.54) is 0 Å². The summed E-state index contributed by atoms with van der Waals surface area (Å²) in [6, 6.07) is 11.3. The van der Waals surface area contributed by atoms with Crippen LogP contribution in [-0.4, -0.2) is 16.4 Å². The van der Waals surface area contributed by atoms with Gasteiger partial charge in [-0.1, -0.05) is 42.0 Å². The van der Waals surface area contributed by atoms with Crippen LogP contribution in [0.4, 0.5) is 4.79 Å². The summed E-state index contributed by atoms with van der Waals surface area (Å²) in [5, 5.41) is 22.3. The van der Waals surface area contributed by atoms with E-state index in [0.717, 1.165) is 21.9 Å². The first kappa shape index (κ1) is 13.2. The molecule has 0 aliphatic heterocycles. The van der Waals surface area contributed by atoms with Gasteiger partial charge in [-0.15, -0.1) is 0 Å². The average molecular weight is 282 g/mol.